The molecule has 0 bridgehead atoms. The lowest BCUT2D eigenvalue weighted by Gasteiger charge is -1.97. The van der Waals surface area contributed by atoms with E-state index in [1.807, 2.05) is 0 Å². The van der Waals surface area contributed by atoms with Crippen LogP contribution in [0.5, 0.6) is 0 Å². The van der Waals surface area contributed by atoms with Crippen molar-refractivity contribution in [2.75, 3.05) is 23.8 Å². The van der Waals surface area contributed by atoms with Crippen molar-refractivity contribution in [3.8, 4) is 0 Å². The van der Waals surface area contributed by atoms with E-state index in [2.05, 4.69) is 6.58 Å². The lowest BCUT2D eigenvalue weighted by atomic mass is 10.8. The van der Waals surface area contributed by atoms with Crippen molar-refractivity contribution in [3.63, 3.8) is 0 Å². The molecule has 6 heteroatoms. The summed E-state index contributed by atoms with van der Waals surface area (Å²) in [6.45, 7) is 3.81. The normalized spacial score (nSPS) is 10.4. The van der Waals surface area contributed by atoms with Crippen LogP contribution in [0.15, 0.2) is 12.0 Å². The zero-order valence-corrected chi connectivity index (χ0v) is 9.18. The molecule has 0 rings (SSSR count). The summed E-state index contributed by atoms with van der Waals surface area (Å²) in [6, 6.07) is 0. The second-order valence-electron chi connectivity index (χ2n) is 1.93. The van der Waals surface area contributed by atoms with E-state index in [0.717, 1.165) is 11.2 Å². The predicted octanol–water partition coefficient (Wildman–Crippen LogP) is 0.658. The Hall–Kier alpha value is 0.290. The van der Waals surface area contributed by atoms with Gasteiger partial charge >= 0.3 is 0 Å². The third-order valence-electron chi connectivity index (χ3n) is 1.03. The van der Waals surface area contributed by atoms with Gasteiger partial charge in [0.25, 0.3) is 0 Å². The van der Waals surface area contributed by atoms with E-state index >= 15 is 0 Å². The summed E-state index contributed by atoms with van der Waals surface area (Å²) in [7, 11) is -3.00. The van der Waals surface area contributed by atoms with Crippen LogP contribution in [0.25, 0.3) is 0 Å². The zero-order valence-electron chi connectivity index (χ0n) is 6.73. The summed E-state index contributed by atoms with van der Waals surface area (Å²) in [4.78, 5) is 0. The highest BCUT2D eigenvalue weighted by molar-refractivity contribution is 8.01. The number of rotatable bonds is 6. The van der Waals surface area contributed by atoms with Crippen molar-refractivity contribution in [2.45, 2.75) is 0 Å². The van der Waals surface area contributed by atoms with E-state index in [1.165, 1.54) is 0 Å². The van der Waals surface area contributed by atoms with E-state index in [9.17, 15) is 8.42 Å². The highest BCUT2D eigenvalue weighted by Crippen LogP contribution is 2.01. The van der Waals surface area contributed by atoms with Gasteiger partial charge in [-0.2, -0.15) is 11.8 Å². The van der Waals surface area contributed by atoms with Crippen LogP contribution in [0.1, 0.15) is 0 Å². The minimum Gasteiger partial charge on any atom is -0.330 e. The first-order valence-electron chi connectivity index (χ1n) is 3.25. The Morgan fingerprint density at radius 3 is 2.42 bits per heavy atom. The Bertz CT molecular complexity index is 204. The van der Waals surface area contributed by atoms with Crippen LogP contribution in [0, 0.1) is 0 Å². The number of halogens is 1. The predicted molar refractivity (Wildman–Crippen MR) is 57.6 cm³/mol. The summed E-state index contributed by atoms with van der Waals surface area (Å²) < 4.78 is 21.6. The van der Waals surface area contributed by atoms with Crippen molar-refractivity contribution in [1.29, 1.82) is 0 Å². The van der Waals surface area contributed by atoms with Crippen molar-refractivity contribution in [1.82, 2.24) is 0 Å². The molecule has 2 N–H and O–H groups in total. The van der Waals surface area contributed by atoms with Gasteiger partial charge in [-0.25, -0.2) is 8.42 Å². The van der Waals surface area contributed by atoms with Crippen molar-refractivity contribution in [3.05, 3.63) is 12.0 Å². The fraction of sp³-hybridized carbons (Fsp3) is 0.667. The van der Waals surface area contributed by atoms with Crippen LogP contribution in [0.2, 0.25) is 0 Å². The molecule has 0 spiro atoms. The first-order chi connectivity index (χ1) is 5.12. The van der Waals surface area contributed by atoms with Gasteiger partial charge in [0, 0.05) is 23.5 Å². The summed E-state index contributed by atoms with van der Waals surface area (Å²) in [5.41, 5.74) is 5.22. The third-order valence-corrected chi connectivity index (χ3v) is 3.58. The molecule has 0 aliphatic carbocycles. The molecule has 12 heavy (non-hydrogen) atoms. The van der Waals surface area contributed by atoms with Crippen molar-refractivity contribution >= 4 is 34.0 Å². The fourth-order valence-electron chi connectivity index (χ4n) is 0.444. The molecular formula is C6H14ClNO2S2. The highest BCUT2D eigenvalue weighted by Gasteiger charge is 2.02. The molecule has 0 radical (unpaired) electrons. The molecule has 0 unspecified atom stereocenters. The lowest BCUT2D eigenvalue weighted by Crippen LogP contribution is -2.07. The Morgan fingerprint density at radius 1 is 1.42 bits per heavy atom. The molecule has 0 fully saturated rings. The molecule has 74 valence electrons. The van der Waals surface area contributed by atoms with E-state index in [-0.39, 0.29) is 18.2 Å². The maximum atomic E-state index is 10.8. The monoisotopic (exact) mass is 231 g/mol. The standard InChI is InChI=1S/C6H13NO2S2.ClH/c1-2-11(8,9)6-5-10-4-3-7;/h2H,1,3-7H2;1H. The van der Waals surface area contributed by atoms with E-state index in [1.54, 1.807) is 11.8 Å². The van der Waals surface area contributed by atoms with Gasteiger partial charge in [-0.05, 0) is 0 Å². The van der Waals surface area contributed by atoms with Crippen LogP contribution in [0.4, 0.5) is 0 Å². The van der Waals surface area contributed by atoms with Gasteiger partial charge in [0.1, 0.15) is 0 Å². The molecule has 0 saturated heterocycles. The van der Waals surface area contributed by atoms with Crippen molar-refractivity contribution < 1.29 is 8.42 Å². The Kier molecular flexibility index (Phi) is 9.76. The molecule has 0 aliphatic heterocycles. The molecule has 0 atom stereocenters. The molecule has 0 heterocycles. The van der Waals surface area contributed by atoms with Gasteiger partial charge in [0.05, 0.1) is 5.75 Å². The van der Waals surface area contributed by atoms with Gasteiger partial charge in [-0.1, -0.05) is 6.58 Å². The zero-order chi connectivity index (χ0) is 8.74. The second-order valence-corrected chi connectivity index (χ2v) is 5.23. The highest BCUT2D eigenvalue weighted by atomic mass is 35.5. The topological polar surface area (TPSA) is 60.2 Å². The second kappa shape index (κ2) is 7.91. The SMILES string of the molecule is C=CS(=O)(=O)CCSCCN.Cl. The van der Waals surface area contributed by atoms with Gasteiger partial charge in [0.2, 0.25) is 0 Å². The number of hydrogen-bond acceptors (Lipinski definition) is 4. The van der Waals surface area contributed by atoms with E-state index < -0.39 is 9.84 Å². The van der Waals surface area contributed by atoms with Crippen LogP contribution in [-0.4, -0.2) is 32.2 Å². The molecule has 0 aromatic heterocycles. The Morgan fingerprint density at radius 2 is 2.00 bits per heavy atom. The van der Waals surface area contributed by atoms with Gasteiger partial charge < -0.3 is 5.73 Å². The smallest absolute Gasteiger partial charge is 0.171 e. The van der Waals surface area contributed by atoms with Gasteiger partial charge in [-0.3, -0.25) is 0 Å². The van der Waals surface area contributed by atoms with Crippen LogP contribution >= 0.6 is 24.2 Å². The van der Waals surface area contributed by atoms with Gasteiger partial charge in [-0.15, -0.1) is 12.4 Å². The molecule has 0 aliphatic rings. The maximum absolute atomic E-state index is 10.8. The minimum atomic E-state index is -3.00. The Balaban J connectivity index is 0. The molecule has 3 nitrogen and oxygen atoms in total. The average molecular weight is 232 g/mol. The minimum absolute atomic E-state index is 0. The third kappa shape index (κ3) is 8.39. The molecule has 0 amide bonds. The van der Waals surface area contributed by atoms with Crippen LogP contribution in [0.3, 0.4) is 0 Å². The van der Waals surface area contributed by atoms with Gasteiger partial charge in [0.15, 0.2) is 9.84 Å². The van der Waals surface area contributed by atoms with Crippen LogP contribution in [-0.2, 0) is 9.84 Å². The number of thioether (sulfide) groups is 1. The summed E-state index contributed by atoms with van der Waals surface area (Å²) in [5.74, 6) is 1.58. The average Bonchev–Trinajstić information content (AvgIpc) is 1.99. The van der Waals surface area contributed by atoms with E-state index in [0.29, 0.717) is 12.3 Å². The fourth-order valence-corrected chi connectivity index (χ4v) is 2.38. The number of nitrogens with two attached hydrogens (primary N) is 1. The molecule has 0 aromatic rings. The van der Waals surface area contributed by atoms with Crippen LogP contribution < -0.4 is 5.73 Å². The summed E-state index contributed by atoms with van der Waals surface area (Å²) in [5, 5.41) is 0.996. The molecular weight excluding hydrogens is 218 g/mol. The Labute approximate surface area is 84.1 Å². The quantitative estimate of drug-likeness (QED) is 0.683. The summed E-state index contributed by atoms with van der Waals surface area (Å²) >= 11 is 1.54. The lowest BCUT2D eigenvalue weighted by molar-refractivity contribution is 0.606. The van der Waals surface area contributed by atoms with E-state index in [4.69, 9.17) is 5.73 Å². The molecule has 0 saturated carbocycles. The summed E-state index contributed by atoms with van der Waals surface area (Å²) in [6.07, 6.45) is 0. The number of sulfone groups is 1. The first-order valence-corrected chi connectivity index (χ1v) is 6.12. The van der Waals surface area contributed by atoms with Crippen molar-refractivity contribution in [2.24, 2.45) is 5.73 Å². The molecule has 0 aromatic carbocycles. The first kappa shape index (κ1) is 14.8. The number of hydrogen-bond donors (Lipinski definition) is 1. The largest absolute Gasteiger partial charge is 0.330 e. The maximum Gasteiger partial charge on any atom is 0.171 e.